The molecule has 1 heterocycles. The second-order valence-corrected chi connectivity index (χ2v) is 6.75. The molecule has 130 valence electrons. The molecule has 1 saturated carbocycles. The second kappa shape index (κ2) is 5.34. The number of hydrogen-bond donors (Lipinski definition) is 0. The van der Waals surface area contributed by atoms with E-state index in [2.05, 4.69) is 0 Å². The minimum Gasteiger partial charge on any atom is -0.346 e. The number of imide groups is 1. The maximum Gasteiger partial charge on any atom is 0.238 e. The summed E-state index contributed by atoms with van der Waals surface area (Å²) < 4.78 is 10.9. The molecule has 0 unspecified atom stereocenters. The Labute approximate surface area is 145 Å². The van der Waals surface area contributed by atoms with Gasteiger partial charge in [-0.1, -0.05) is 29.8 Å². The number of anilines is 1. The van der Waals surface area contributed by atoms with Gasteiger partial charge in [0.2, 0.25) is 17.6 Å². The van der Waals surface area contributed by atoms with Crippen molar-refractivity contribution in [3.63, 3.8) is 0 Å². The van der Waals surface area contributed by atoms with Crippen molar-refractivity contribution in [2.45, 2.75) is 12.7 Å². The van der Waals surface area contributed by atoms with Crippen LogP contribution in [0, 0.1) is 23.7 Å². The van der Waals surface area contributed by atoms with Gasteiger partial charge in [-0.25, -0.2) is 0 Å². The molecule has 2 bridgehead atoms. The highest BCUT2D eigenvalue weighted by Crippen LogP contribution is 2.56. The molecular formula is C19H19NO5. The number of hydrogen-bond acceptors (Lipinski definition) is 5. The number of para-hydroxylation sites is 1. The van der Waals surface area contributed by atoms with E-state index in [1.807, 2.05) is 19.1 Å². The zero-order valence-electron chi connectivity index (χ0n) is 14.3. The fraction of sp³-hybridized carbons (Fsp3) is 0.421. The topological polar surface area (TPSA) is 72.9 Å². The predicted molar refractivity (Wildman–Crippen MR) is 88.4 cm³/mol. The van der Waals surface area contributed by atoms with E-state index in [0.717, 1.165) is 5.57 Å². The lowest BCUT2D eigenvalue weighted by molar-refractivity contribution is -0.246. The Kier molecular flexibility index (Phi) is 3.46. The molecule has 6 nitrogen and oxygen atoms in total. The monoisotopic (exact) mass is 341 g/mol. The first-order valence-electron chi connectivity index (χ1n) is 8.23. The van der Waals surface area contributed by atoms with Gasteiger partial charge in [-0.2, -0.15) is 0 Å². The Morgan fingerprint density at radius 3 is 2.16 bits per heavy atom. The lowest BCUT2D eigenvalue weighted by Gasteiger charge is -2.50. The van der Waals surface area contributed by atoms with Crippen LogP contribution in [-0.4, -0.2) is 37.6 Å². The van der Waals surface area contributed by atoms with Crippen LogP contribution in [0.5, 0.6) is 0 Å². The van der Waals surface area contributed by atoms with E-state index in [4.69, 9.17) is 9.47 Å². The number of Topliss-reactive ketones (excluding diaryl/α,β-unsaturated/α-hetero) is 1. The highest BCUT2D eigenvalue weighted by Gasteiger charge is 2.70. The maximum absolute atomic E-state index is 13.1. The summed E-state index contributed by atoms with van der Waals surface area (Å²) in [5.74, 6) is -5.06. The molecule has 3 aliphatic carbocycles. The third-order valence-electron chi connectivity index (χ3n) is 5.76. The number of rotatable bonds is 3. The molecule has 2 amide bonds. The van der Waals surface area contributed by atoms with Gasteiger partial charge in [0.15, 0.2) is 5.78 Å². The molecule has 0 radical (unpaired) electrons. The van der Waals surface area contributed by atoms with Gasteiger partial charge in [-0.05, 0) is 19.1 Å². The van der Waals surface area contributed by atoms with Gasteiger partial charge in [0.1, 0.15) is 0 Å². The standard InChI is InChI=1S/C19H19NO5/c1-10-9-12-14-15(13(10)16(21)19(12,24-2)25-3)18(23)20(17(14)22)11-7-5-4-6-8-11/h4-9,12-15H,1-3H3/t12-,13+,14+,15-/m1/s1. The molecule has 1 saturated heterocycles. The van der Waals surface area contributed by atoms with Gasteiger partial charge in [0, 0.05) is 14.2 Å². The Balaban J connectivity index is 1.85. The smallest absolute Gasteiger partial charge is 0.238 e. The van der Waals surface area contributed by atoms with Crippen molar-refractivity contribution in [1.29, 1.82) is 0 Å². The fourth-order valence-corrected chi connectivity index (χ4v) is 4.70. The fourth-order valence-electron chi connectivity index (χ4n) is 4.70. The normalized spacial score (nSPS) is 32.8. The van der Waals surface area contributed by atoms with Gasteiger partial charge in [-0.15, -0.1) is 0 Å². The number of carbonyl (C=O) groups excluding carboxylic acids is 3. The summed E-state index contributed by atoms with van der Waals surface area (Å²) >= 11 is 0. The molecule has 0 aromatic heterocycles. The van der Waals surface area contributed by atoms with E-state index in [-0.39, 0.29) is 17.6 Å². The quantitative estimate of drug-likeness (QED) is 0.474. The number of amides is 2. The van der Waals surface area contributed by atoms with E-state index in [1.54, 1.807) is 24.3 Å². The number of carbonyl (C=O) groups is 3. The van der Waals surface area contributed by atoms with Crippen molar-refractivity contribution in [3.8, 4) is 0 Å². The van der Waals surface area contributed by atoms with Crippen LogP contribution in [0.3, 0.4) is 0 Å². The van der Waals surface area contributed by atoms with E-state index >= 15 is 0 Å². The summed E-state index contributed by atoms with van der Waals surface area (Å²) in [5, 5.41) is 0. The average Bonchev–Trinajstić information content (AvgIpc) is 2.88. The molecule has 4 atom stereocenters. The Morgan fingerprint density at radius 1 is 0.960 bits per heavy atom. The lowest BCUT2D eigenvalue weighted by Crippen LogP contribution is -2.64. The molecule has 4 aliphatic rings. The Hall–Kier alpha value is -2.31. The van der Waals surface area contributed by atoms with Crippen molar-refractivity contribution in [1.82, 2.24) is 0 Å². The number of methoxy groups -OCH3 is 2. The maximum atomic E-state index is 13.1. The number of ether oxygens (including phenoxy) is 2. The summed E-state index contributed by atoms with van der Waals surface area (Å²) in [7, 11) is 2.80. The van der Waals surface area contributed by atoms with Gasteiger partial charge >= 0.3 is 0 Å². The number of ketones is 1. The number of nitrogens with zero attached hydrogens (tertiary/aromatic N) is 1. The average molecular weight is 341 g/mol. The van der Waals surface area contributed by atoms with Crippen molar-refractivity contribution >= 4 is 23.3 Å². The number of allylic oxidation sites excluding steroid dienone is 1. The molecule has 0 spiro atoms. The van der Waals surface area contributed by atoms with E-state index < -0.39 is 29.5 Å². The van der Waals surface area contributed by atoms with Crippen molar-refractivity contribution in [2.24, 2.45) is 23.7 Å². The lowest BCUT2D eigenvalue weighted by atomic mass is 9.57. The molecular weight excluding hydrogens is 322 g/mol. The highest BCUT2D eigenvalue weighted by molar-refractivity contribution is 6.24. The zero-order chi connectivity index (χ0) is 17.9. The van der Waals surface area contributed by atoms with Crippen LogP contribution < -0.4 is 4.90 Å². The molecule has 2 fully saturated rings. The molecule has 0 N–H and O–H groups in total. The van der Waals surface area contributed by atoms with Gasteiger partial charge in [0.05, 0.1) is 29.4 Å². The van der Waals surface area contributed by atoms with Crippen LogP contribution in [0.4, 0.5) is 5.69 Å². The van der Waals surface area contributed by atoms with Crippen LogP contribution in [0.15, 0.2) is 42.0 Å². The molecule has 1 aliphatic heterocycles. The van der Waals surface area contributed by atoms with Gasteiger partial charge in [0.25, 0.3) is 0 Å². The summed E-state index contributed by atoms with van der Waals surface area (Å²) in [6, 6.07) is 8.81. The molecule has 5 rings (SSSR count). The van der Waals surface area contributed by atoms with Crippen molar-refractivity contribution < 1.29 is 23.9 Å². The second-order valence-electron chi connectivity index (χ2n) is 6.75. The minimum atomic E-state index is -1.51. The summed E-state index contributed by atoms with van der Waals surface area (Å²) in [4.78, 5) is 40.4. The summed E-state index contributed by atoms with van der Waals surface area (Å²) in [6.45, 7) is 1.82. The molecule has 1 aromatic rings. The number of fused-ring (bicyclic) bond motifs is 1. The van der Waals surface area contributed by atoms with E-state index in [0.29, 0.717) is 5.69 Å². The highest BCUT2D eigenvalue weighted by atomic mass is 16.7. The number of benzene rings is 1. The molecule has 6 heteroatoms. The van der Waals surface area contributed by atoms with Crippen LogP contribution in [0.1, 0.15) is 6.92 Å². The van der Waals surface area contributed by atoms with Crippen LogP contribution in [-0.2, 0) is 23.9 Å². The zero-order valence-corrected chi connectivity index (χ0v) is 14.3. The first kappa shape index (κ1) is 16.2. The molecule has 25 heavy (non-hydrogen) atoms. The third kappa shape index (κ3) is 1.84. The molecule has 1 aromatic carbocycles. The Morgan fingerprint density at radius 2 is 1.56 bits per heavy atom. The van der Waals surface area contributed by atoms with Gasteiger partial charge < -0.3 is 9.47 Å². The van der Waals surface area contributed by atoms with Crippen LogP contribution in [0.25, 0.3) is 0 Å². The van der Waals surface area contributed by atoms with Crippen LogP contribution >= 0.6 is 0 Å². The SMILES string of the molecule is COC1(OC)C(=O)[C@H]2C(C)=C[C@@H]1[C@@H]1C(=O)N(c3ccccc3)C(=O)[C@H]21. The van der Waals surface area contributed by atoms with Gasteiger partial charge in [-0.3, -0.25) is 19.3 Å². The van der Waals surface area contributed by atoms with Crippen molar-refractivity contribution in [3.05, 3.63) is 42.0 Å². The van der Waals surface area contributed by atoms with Crippen LogP contribution in [0.2, 0.25) is 0 Å². The van der Waals surface area contributed by atoms with E-state index in [9.17, 15) is 14.4 Å². The largest absolute Gasteiger partial charge is 0.346 e. The summed E-state index contributed by atoms with van der Waals surface area (Å²) in [6.07, 6.45) is 1.86. The summed E-state index contributed by atoms with van der Waals surface area (Å²) in [5.41, 5.74) is 1.33. The minimum absolute atomic E-state index is 0.278. The Bertz CT molecular complexity index is 795. The third-order valence-corrected chi connectivity index (χ3v) is 5.76. The van der Waals surface area contributed by atoms with Crippen molar-refractivity contribution in [2.75, 3.05) is 19.1 Å². The predicted octanol–water partition coefficient (Wildman–Crippen LogP) is 1.56. The van der Waals surface area contributed by atoms with E-state index in [1.165, 1.54) is 19.1 Å². The first-order chi connectivity index (χ1) is 12.0. The first-order valence-corrected chi connectivity index (χ1v) is 8.23.